The number of H-pyrrole nitrogens is 1. The lowest BCUT2D eigenvalue weighted by Gasteiger charge is -2.05. The second-order valence-corrected chi connectivity index (χ2v) is 4.75. The number of hydrogen-bond donors (Lipinski definition) is 1. The topological polar surface area (TPSA) is 55.0 Å². The predicted octanol–water partition coefficient (Wildman–Crippen LogP) is 2.53. The zero-order chi connectivity index (χ0) is 12.8. The van der Waals surface area contributed by atoms with E-state index in [1.54, 1.807) is 12.3 Å². The average molecular weight is 262 g/mol. The zero-order valence-electron chi connectivity index (χ0n) is 9.89. The average Bonchev–Trinajstić information content (AvgIpc) is 2.85. The van der Waals surface area contributed by atoms with Crippen LogP contribution in [0.4, 0.5) is 0 Å². The minimum atomic E-state index is -0.210. The lowest BCUT2D eigenvalue weighted by molar-refractivity contribution is -0.141. The van der Waals surface area contributed by atoms with E-state index >= 15 is 0 Å². The number of carbonyl (C=O) groups is 1. The van der Waals surface area contributed by atoms with E-state index in [-0.39, 0.29) is 12.6 Å². The molecule has 0 fully saturated rings. The standard InChI is InChI=1S/C13H14N2O2S/c1-2-6-18-9-12(16)17-8-11-5-3-4-10-7-14-15-13(10)11/h2-5,7H,1,6,8-9H2,(H,14,15). The van der Waals surface area contributed by atoms with Gasteiger partial charge in [-0.25, -0.2) is 0 Å². The zero-order valence-corrected chi connectivity index (χ0v) is 10.7. The van der Waals surface area contributed by atoms with Crippen molar-refractivity contribution >= 4 is 28.6 Å². The maximum absolute atomic E-state index is 11.5. The van der Waals surface area contributed by atoms with Crippen LogP contribution < -0.4 is 0 Å². The van der Waals surface area contributed by atoms with E-state index in [9.17, 15) is 4.79 Å². The van der Waals surface area contributed by atoms with Gasteiger partial charge in [0.1, 0.15) is 6.61 Å². The van der Waals surface area contributed by atoms with Gasteiger partial charge >= 0.3 is 5.97 Å². The number of nitrogens with one attached hydrogen (secondary N) is 1. The molecule has 0 radical (unpaired) electrons. The second-order valence-electron chi connectivity index (χ2n) is 3.72. The molecule has 0 aliphatic heterocycles. The Morgan fingerprint density at radius 1 is 1.56 bits per heavy atom. The van der Waals surface area contributed by atoms with Gasteiger partial charge in [-0.3, -0.25) is 9.89 Å². The highest BCUT2D eigenvalue weighted by Crippen LogP contribution is 2.16. The summed E-state index contributed by atoms with van der Waals surface area (Å²) < 4.78 is 5.21. The van der Waals surface area contributed by atoms with Gasteiger partial charge in [-0.1, -0.05) is 24.3 Å². The summed E-state index contributed by atoms with van der Waals surface area (Å²) in [6, 6.07) is 5.81. The predicted molar refractivity (Wildman–Crippen MR) is 73.4 cm³/mol. The Hall–Kier alpha value is -1.75. The fourth-order valence-corrected chi connectivity index (χ4v) is 2.11. The molecule has 0 atom stereocenters. The molecule has 0 saturated carbocycles. The number of rotatable bonds is 6. The molecule has 0 bridgehead atoms. The van der Waals surface area contributed by atoms with Gasteiger partial charge in [-0.15, -0.1) is 18.3 Å². The molecule has 1 aromatic carbocycles. The van der Waals surface area contributed by atoms with E-state index in [1.807, 2.05) is 18.2 Å². The Balaban J connectivity index is 1.91. The van der Waals surface area contributed by atoms with Crippen LogP contribution in [-0.2, 0) is 16.1 Å². The first-order valence-corrected chi connectivity index (χ1v) is 6.72. The van der Waals surface area contributed by atoms with E-state index in [0.29, 0.717) is 5.75 Å². The van der Waals surface area contributed by atoms with Crippen LogP contribution in [0.15, 0.2) is 37.1 Å². The number of benzene rings is 1. The number of hydrogen-bond acceptors (Lipinski definition) is 4. The molecule has 0 aliphatic carbocycles. The molecule has 5 heteroatoms. The number of esters is 1. The Bertz CT molecular complexity index is 551. The fraction of sp³-hybridized carbons (Fsp3) is 0.231. The second kappa shape index (κ2) is 6.26. The molecule has 1 N–H and O–H groups in total. The number of fused-ring (bicyclic) bond motifs is 1. The number of carbonyl (C=O) groups excluding carboxylic acids is 1. The summed E-state index contributed by atoms with van der Waals surface area (Å²) in [6.07, 6.45) is 3.52. The summed E-state index contributed by atoms with van der Waals surface area (Å²) in [5, 5.41) is 7.89. The fourth-order valence-electron chi connectivity index (χ4n) is 1.58. The van der Waals surface area contributed by atoms with E-state index in [0.717, 1.165) is 22.2 Å². The largest absolute Gasteiger partial charge is 0.460 e. The minimum Gasteiger partial charge on any atom is -0.460 e. The number of nitrogens with zero attached hydrogens (tertiary/aromatic N) is 1. The third-order valence-corrected chi connectivity index (χ3v) is 3.32. The summed E-state index contributed by atoms with van der Waals surface area (Å²) in [4.78, 5) is 11.5. The van der Waals surface area contributed by atoms with E-state index in [1.165, 1.54) is 11.8 Å². The molecule has 2 aromatic rings. The van der Waals surface area contributed by atoms with Crippen LogP contribution in [0.5, 0.6) is 0 Å². The third-order valence-electron chi connectivity index (χ3n) is 2.41. The highest BCUT2D eigenvalue weighted by Gasteiger charge is 2.06. The molecule has 18 heavy (non-hydrogen) atoms. The molecule has 1 aromatic heterocycles. The lowest BCUT2D eigenvalue weighted by atomic mass is 10.1. The first-order chi connectivity index (χ1) is 8.81. The highest BCUT2D eigenvalue weighted by atomic mass is 32.2. The normalized spacial score (nSPS) is 10.4. The molecule has 4 nitrogen and oxygen atoms in total. The molecule has 94 valence electrons. The van der Waals surface area contributed by atoms with Crippen molar-refractivity contribution in [3.63, 3.8) is 0 Å². The van der Waals surface area contributed by atoms with Crippen molar-refractivity contribution in [1.29, 1.82) is 0 Å². The van der Waals surface area contributed by atoms with Crippen molar-refractivity contribution in [3.05, 3.63) is 42.6 Å². The van der Waals surface area contributed by atoms with E-state index in [2.05, 4.69) is 16.8 Å². The minimum absolute atomic E-state index is 0.210. The number of aromatic nitrogens is 2. The van der Waals surface area contributed by atoms with Crippen molar-refractivity contribution in [2.45, 2.75) is 6.61 Å². The van der Waals surface area contributed by atoms with Crippen LogP contribution in [0.1, 0.15) is 5.56 Å². The molecule has 2 rings (SSSR count). The summed E-state index contributed by atoms with van der Waals surface area (Å²) in [7, 11) is 0. The van der Waals surface area contributed by atoms with Crippen LogP contribution in [0.25, 0.3) is 10.9 Å². The summed E-state index contributed by atoms with van der Waals surface area (Å²) in [5.74, 6) is 0.898. The van der Waals surface area contributed by atoms with Gasteiger partial charge in [-0.2, -0.15) is 5.10 Å². The van der Waals surface area contributed by atoms with Crippen molar-refractivity contribution in [3.8, 4) is 0 Å². The summed E-state index contributed by atoms with van der Waals surface area (Å²) >= 11 is 1.49. The van der Waals surface area contributed by atoms with Gasteiger partial charge in [-0.05, 0) is 0 Å². The van der Waals surface area contributed by atoms with Gasteiger partial charge in [0, 0.05) is 16.7 Å². The van der Waals surface area contributed by atoms with E-state index in [4.69, 9.17) is 4.74 Å². The summed E-state index contributed by atoms with van der Waals surface area (Å²) in [5.41, 5.74) is 1.86. The molecule has 0 unspecified atom stereocenters. The first-order valence-electron chi connectivity index (χ1n) is 5.56. The number of para-hydroxylation sites is 1. The highest BCUT2D eigenvalue weighted by molar-refractivity contribution is 8.00. The molecule has 0 amide bonds. The van der Waals surface area contributed by atoms with Crippen molar-refractivity contribution in [1.82, 2.24) is 10.2 Å². The van der Waals surface area contributed by atoms with Crippen molar-refractivity contribution < 1.29 is 9.53 Å². The molecule has 0 saturated heterocycles. The van der Waals surface area contributed by atoms with Crippen LogP contribution >= 0.6 is 11.8 Å². The molecule has 0 spiro atoms. The monoisotopic (exact) mass is 262 g/mol. The Kier molecular flexibility index (Phi) is 4.41. The van der Waals surface area contributed by atoms with Gasteiger partial charge in [0.15, 0.2) is 0 Å². The molecular formula is C13H14N2O2S. The molecule has 0 aliphatic rings. The van der Waals surface area contributed by atoms with Crippen molar-refractivity contribution in [2.24, 2.45) is 0 Å². The maximum atomic E-state index is 11.5. The third kappa shape index (κ3) is 3.13. The Morgan fingerprint density at radius 3 is 3.28 bits per heavy atom. The van der Waals surface area contributed by atoms with Gasteiger partial charge in [0.05, 0.1) is 17.5 Å². The lowest BCUT2D eigenvalue weighted by Crippen LogP contribution is -2.07. The van der Waals surface area contributed by atoms with Gasteiger partial charge in [0.25, 0.3) is 0 Å². The molecule has 1 heterocycles. The molecular weight excluding hydrogens is 248 g/mol. The van der Waals surface area contributed by atoms with Crippen LogP contribution in [0, 0.1) is 0 Å². The van der Waals surface area contributed by atoms with Crippen LogP contribution in [0.2, 0.25) is 0 Å². The first kappa shape index (κ1) is 12.7. The van der Waals surface area contributed by atoms with E-state index < -0.39 is 0 Å². The Labute approximate surface area is 109 Å². The van der Waals surface area contributed by atoms with Crippen molar-refractivity contribution in [2.75, 3.05) is 11.5 Å². The van der Waals surface area contributed by atoms with Crippen LogP contribution in [-0.4, -0.2) is 27.7 Å². The number of aromatic amines is 1. The Morgan fingerprint density at radius 2 is 2.44 bits per heavy atom. The van der Waals surface area contributed by atoms with Crippen LogP contribution in [0.3, 0.4) is 0 Å². The smallest absolute Gasteiger partial charge is 0.316 e. The number of ether oxygens (including phenoxy) is 1. The quantitative estimate of drug-likeness (QED) is 0.494. The summed E-state index contributed by atoms with van der Waals surface area (Å²) in [6.45, 7) is 3.87. The number of thioether (sulfide) groups is 1. The van der Waals surface area contributed by atoms with Gasteiger partial charge in [0.2, 0.25) is 0 Å². The van der Waals surface area contributed by atoms with Gasteiger partial charge < -0.3 is 4.74 Å². The SMILES string of the molecule is C=CCSCC(=O)OCc1cccc2cn[nH]c12. The maximum Gasteiger partial charge on any atom is 0.316 e.